The van der Waals surface area contributed by atoms with Gasteiger partial charge in [0, 0.05) is 25.0 Å². The number of carbonyl (C=O) groups is 2. The van der Waals surface area contributed by atoms with E-state index >= 15 is 0 Å². The van der Waals surface area contributed by atoms with Crippen molar-refractivity contribution >= 4 is 24.2 Å². The number of aromatic nitrogens is 1. The van der Waals surface area contributed by atoms with E-state index in [0.29, 0.717) is 5.75 Å². The lowest BCUT2D eigenvalue weighted by atomic mass is 10.2. The molecule has 2 aromatic carbocycles. The van der Waals surface area contributed by atoms with Crippen molar-refractivity contribution in [2.24, 2.45) is 12.1 Å². The average molecular weight is 417 g/mol. The van der Waals surface area contributed by atoms with Crippen LogP contribution < -0.4 is 14.9 Å². The molecule has 0 bridgehead atoms. The summed E-state index contributed by atoms with van der Waals surface area (Å²) in [5, 5.41) is 3.96. The van der Waals surface area contributed by atoms with Crippen LogP contribution in [0.3, 0.4) is 0 Å². The number of benzene rings is 2. The van der Waals surface area contributed by atoms with Crippen LogP contribution in [0.5, 0.6) is 11.5 Å². The van der Waals surface area contributed by atoms with Crippen molar-refractivity contribution in [1.29, 1.82) is 0 Å². The summed E-state index contributed by atoms with van der Waals surface area (Å²) in [7, 11) is 3.48. The Kier molecular flexibility index (Phi) is 7.37. The Labute approximate surface area is 180 Å². The molecule has 0 radical (unpaired) electrons. The van der Waals surface area contributed by atoms with Crippen LogP contribution in [0.1, 0.15) is 16.8 Å². The molecule has 0 spiro atoms. The quantitative estimate of drug-likeness (QED) is 0.200. The molecule has 0 unspecified atom stereocenters. The van der Waals surface area contributed by atoms with E-state index in [1.165, 1.54) is 12.3 Å². The predicted molar refractivity (Wildman–Crippen MR) is 119 cm³/mol. The molecule has 3 aromatic rings. The van der Waals surface area contributed by atoms with Gasteiger partial charge in [0.1, 0.15) is 11.5 Å². The SMILES string of the molecule is COc1ccc(C=CC(=O)Oc2ccc(C=NNC(=O)Cc3cccn3C)cc2)cc1. The largest absolute Gasteiger partial charge is 0.497 e. The zero-order valence-corrected chi connectivity index (χ0v) is 17.3. The van der Waals surface area contributed by atoms with Crippen LogP contribution in [0.2, 0.25) is 0 Å². The molecule has 0 aliphatic heterocycles. The number of nitrogens with zero attached hydrogens (tertiary/aromatic N) is 2. The number of nitrogens with one attached hydrogen (secondary N) is 1. The van der Waals surface area contributed by atoms with Crippen molar-refractivity contribution in [3.05, 3.63) is 89.8 Å². The Morgan fingerprint density at radius 1 is 1.00 bits per heavy atom. The molecule has 0 fully saturated rings. The summed E-state index contributed by atoms with van der Waals surface area (Å²) in [6.07, 6.45) is 6.69. The highest BCUT2D eigenvalue weighted by atomic mass is 16.5. The summed E-state index contributed by atoms with van der Waals surface area (Å²) in [5.74, 6) is 0.478. The molecule has 1 N–H and O–H groups in total. The lowest BCUT2D eigenvalue weighted by molar-refractivity contribution is -0.129. The summed E-state index contributed by atoms with van der Waals surface area (Å²) in [6, 6.07) is 17.9. The van der Waals surface area contributed by atoms with Crippen LogP contribution in [0.15, 0.2) is 78.0 Å². The Balaban J connectivity index is 1.47. The number of carbonyl (C=O) groups excluding carboxylic acids is 2. The summed E-state index contributed by atoms with van der Waals surface area (Å²) in [6.45, 7) is 0. The van der Waals surface area contributed by atoms with Crippen molar-refractivity contribution in [3.63, 3.8) is 0 Å². The molecule has 1 amide bonds. The van der Waals surface area contributed by atoms with E-state index in [9.17, 15) is 9.59 Å². The second-order valence-electron chi connectivity index (χ2n) is 6.68. The van der Waals surface area contributed by atoms with Gasteiger partial charge in [0.05, 0.1) is 19.7 Å². The van der Waals surface area contributed by atoms with Crippen LogP contribution >= 0.6 is 0 Å². The summed E-state index contributed by atoms with van der Waals surface area (Å²) < 4.78 is 12.3. The van der Waals surface area contributed by atoms with E-state index in [0.717, 1.165) is 22.6 Å². The minimum absolute atomic E-state index is 0.202. The number of rotatable bonds is 8. The third-order valence-electron chi connectivity index (χ3n) is 4.42. The molecule has 3 rings (SSSR count). The van der Waals surface area contributed by atoms with E-state index in [4.69, 9.17) is 9.47 Å². The maximum atomic E-state index is 12.0. The number of hydrazone groups is 1. The summed E-state index contributed by atoms with van der Waals surface area (Å²) in [5.41, 5.74) is 5.02. The maximum absolute atomic E-state index is 12.0. The smallest absolute Gasteiger partial charge is 0.336 e. The topological polar surface area (TPSA) is 81.9 Å². The molecule has 158 valence electrons. The molecule has 7 nitrogen and oxygen atoms in total. The minimum Gasteiger partial charge on any atom is -0.497 e. The minimum atomic E-state index is -0.481. The zero-order valence-electron chi connectivity index (χ0n) is 17.3. The van der Waals surface area contributed by atoms with E-state index in [-0.39, 0.29) is 12.3 Å². The van der Waals surface area contributed by atoms with Crippen LogP contribution in [0.25, 0.3) is 6.08 Å². The molecule has 0 aliphatic rings. The third kappa shape index (κ3) is 6.71. The number of amides is 1. The van der Waals surface area contributed by atoms with Crippen molar-refractivity contribution in [2.45, 2.75) is 6.42 Å². The zero-order chi connectivity index (χ0) is 22.1. The molecule has 0 saturated heterocycles. The Morgan fingerprint density at radius 3 is 2.32 bits per heavy atom. The Morgan fingerprint density at radius 2 is 1.68 bits per heavy atom. The normalized spacial score (nSPS) is 11.0. The van der Waals surface area contributed by atoms with Gasteiger partial charge in [0.25, 0.3) is 0 Å². The van der Waals surface area contributed by atoms with Crippen LogP contribution in [-0.4, -0.2) is 29.8 Å². The highest BCUT2D eigenvalue weighted by Gasteiger charge is 2.04. The van der Waals surface area contributed by atoms with Gasteiger partial charge in [-0.05, 0) is 65.7 Å². The fourth-order valence-corrected chi connectivity index (χ4v) is 2.71. The second-order valence-corrected chi connectivity index (χ2v) is 6.68. The number of ether oxygens (including phenoxy) is 2. The average Bonchev–Trinajstić information content (AvgIpc) is 3.18. The standard InChI is InChI=1S/C24H23N3O4/c1-27-15-3-4-20(27)16-23(28)26-25-17-19-7-12-22(13-8-19)31-24(29)14-9-18-5-10-21(30-2)11-6-18/h3-15,17H,16H2,1-2H3,(H,26,28). The molecule has 31 heavy (non-hydrogen) atoms. The Bertz CT molecular complexity index is 1080. The van der Waals surface area contributed by atoms with Gasteiger partial charge in [0.2, 0.25) is 5.91 Å². The highest BCUT2D eigenvalue weighted by molar-refractivity contribution is 5.89. The number of esters is 1. The van der Waals surface area contributed by atoms with Crippen molar-refractivity contribution in [2.75, 3.05) is 7.11 Å². The van der Waals surface area contributed by atoms with Gasteiger partial charge in [0.15, 0.2) is 0 Å². The molecule has 0 aliphatic carbocycles. The second kappa shape index (κ2) is 10.6. The van der Waals surface area contributed by atoms with Gasteiger partial charge >= 0.3 is 5.97 Å². The molecule has 0 atom stereocenters. The van der Waals surface area contributed by atoms with E-state index in [1.54, 1.807) is 37.5 Å². The number of methoxy groups -OCH3 is 1. The van der Waals surface area contributed by atoms with Gasteiger partial charge < -0.3 is 14.0 Å². The molecular weight excluding hydrogens is 394 g/mol. The number of hydrogen-bond acceptors (Lipinski definition) is 5. The van der Waals surface area contributed by atoms with Gasteiger partial charge in [-0.2, -0.15) is 5.10 Å². The fraction of sp³-hybridized carbons (Fsp3) is 0.125. The molecular formula is C24H23N3O4. The molecule has 1 heterocycles. The van der Waals surface area contributed by atoms with Crippen molar-refractivity contribution in [3.8, 4) is 11.5 Å². The number of aryl methyl sites for hydroxylation is 1. The van der Waals surface area contributed by atoms with E-state index < -0.39 is 5.97 Å². The lowest BCUT2D eigenvalue weighted by Gasteiger charge is -2.03. The first-order valence-corrected chi connectivity index (χ1v) is 9.59. The first-order chi connectivity index (χ1) is 15.0. The van der Waals surface area contributed by atoms with E-state index in [2.05, 4.69) is 10.5 Å². The first kappa shape index (κ1) is 21.6. The van der Waals surface area contributed by atoms with Gasteiger partial charge in [-0.25, -0.2) is 10.2 Å². The van der Waals surface area contributed by atoms with Crippen molar-refractivity contribution < 1.29 is 19.1 Å². The monoisotopic (exact) mass is 417 g/mol. The van der Waals surface area contributed by atoms with Gasteiger partial charge in [-0.1, -0.05) is 12.1 Å². The van der Waals surface area contributed by atoms with Crippen LogP contribution in [-0.2, 0) is 23.1 Å². The van der Waals surface area contributed by atoms with Gasteiger partial charge in [-0.15, -0.1) is 0 Å². The maximum Gasteiger partial charge on any atom is 0.336 e. The molecule has 1 aromatic heterocycles. The third-order valence-corrected chi connectivity index (χ3v) is 4.42. The molecule has 0 saturated carbocycles. The molecule has 7 heteroatoms. The van der Waals surface area contributed by atoms with Crippen LogP contribution in [0.4, 0.5) is 0 Å². The summed E-state index contributed by atoms with van der Waals surface area (Å²) in [4.78, 5) is 23.9. The van der Waals surface area contributed by atoms with Gasteiger partial charge in [-0.3, -0.25) is 4.79 Å². The predicted octanol–water partition coefficient (Wildman–Crippen LogP) is 3.35. The Hall–Kier alpha value is -4.13. The lowest BCUT2D eigenvalue weighted by Crippen LogP contribution is -2.20. The number of hydrogen-bond donors (Lipinski definition) is 1. The fourth-order valence-electron chi connectivity index (χ4n) is 2.71. The van der Waals surface area contributed by atoms with Crippen molar-refractivity contribution in [1.82, 2.24) is 9.99 Å². The first-order valence-electron chi connectivity index (χ1n) is 9.59. The summed E-state index contributed by atoms with van der Waals surface area (Å²) >= 11 is 0. The highest BCUT2D eigenvalue weighted by Crippen LogP contribution is 2.14. The van der Waals surface area contributed by atoms with Crippen LogP contribution in [0, 0.1) is 0 Å². The van der Waals surface area contributed by atoms with E-state index in [1.807, 2.05) is 54.2 Å².